The van der Waals surface area contributed by atoms with E-state index >= 15 is 0 Å². The molecule has 26 heavy (non-hydrogen) atoms. The topological polar surface area (TPSA) is 54.4 Å². The number of alkyl halides is 4. The normalized spacial score (nSPS) is 11.9. The molecular weight excluding hydrogens is 409 g/mol. The van der Waals surface area contributed by atoms with Gasteiger partial charge in [-0.05, 0) is 34.2 Å². The van der Waals surface area contributed by atoms with E-state index in [0.29, 0.717) is 11.8 Å². The third kappa shape index (κ3) is 5.90. The minimum absolute atomic E-state index is 0.484. The maximum Gasteiger partial charge on any atom is 0.522 e. The zero-order chi connectivity index (χ0) is 20.1. The van der Waals surface area contributed by atoms with Gasteiger partial charge >= 0.3 is 15.6 Å². The molecule has 0 aliphatic carbocycles. The zero-order valence-electron chi connectivity index (χ0n) is 14.0. The van der Waals surface area contributed by atoms with Crippen LogP contribution in [0.3, 0.4) is 0 Å². The number of benzene rings is 2. The van der Waals surface area contributed by atoms with E-state index in [-0.39, 0.29) is 0 Å². The lowest BCUT2D eigenvalue weighted by atomic mass is 9.90. The first kappa shape index (κ1) is 22.8. The molecule has 144 valence electrons. The van der Waals surface area contributed by atoms with Gasteiger partial charge < -0.3 is 0 Å². The lowest BCUT2D eigenvalue weighted by molar-refractivity contribution is -0.0510. The number of halogens is 4. The number of hydrogen-bond donors (Lipinski definition) is 2. The molecule has 2 aromatic rings. The average molecular weight is 427 g/mol. The Morgan fingerprint density at radius 1 is 1.12 bits per heavy atom. The van der Waals surface area contributed by atoms with Crippen LogP contribution in [0.15, 0.2) is 47.4 Å². The minimum atomic E-state index is -5.84. The van der Waals surface area contributed by atoms with Gasteiger partial charge in [-0.2, -0.15) is 21.6 Å². The Morgan fingerprint density at radius 3 is 2.12 bits per heavy atom. The summed E-state index contributed by atoms with van der Waals surface area (Å²) in [6, 6.07) is 14.6. The summed E-state index contributed by atoms with van der Waals surface area (Å²) in [5.41, 5.74) is -0.649. The fourth-order valence-electron chi connectivity index (χ4n) is 2.24. The van der Waals surface area contributed by atoms with Crippen molar-refractivity contribution in [2.24, 2.45) is 0 Å². The van der Waals surface area contributed by atoms with E-state index in [9.17, 15) is 13.2 Å². The van der Waals surface area contributed by atoms with Crippen molar-refractivity contribution in [1.82, 2.24) is 0 Å². The van der Waals surface area contributed by atoms with Gasteiger partial charge in [0.05, 0.1) is 0 Å². The molecule has 2 rings (SSSR count). The van der Waals surface area contributed by atoms with Crippen LogP contribution in [0.5, 0.6) is 0 Å². The summed E-state index contributed by atoms with van der Waals surface area (Å²) in [6.07, 6.45) is 0. The van der Waals surface area contributed by atoms with Crippen LogP contribution in [0.2, 0.25) is 0 Å². The summed E-state index contributed by atoms with van der Waals surface area (Å²) in [5, 5.41) is 0. The SMILES string of the molecule is CC(C)c1ccccc1-c1c(S)cccc1CCl.O=S(=O)(O)C(F)(F)F. The van der Waals surface area contributed by atoms with E-state index in [1.807, 2.05) is 12.1 Å². The van der Waals surface area contributed by atoms with Crippen molar-refractivity contribution in [3.63, 3.8) is 0 Å². The molecule has 0 heterocycles. The molecule has 0 atom stereocenters. The fourth-order valence-corrected chi connectivity index (χ4v) is 2.81. The molecule has 0 spiro atoms. The second-order valence-corrected chi connectivity index (χ2v) is 7.77. The maximum atomic E-state index is 10.7. The molecule has 1 N–H and O–H groups in total. The summed E-state index contributed by atoms with van der Waals surface area (Å²) in [6.45, 7) is 4.42. The number of hydrogen-bond acceptors (Lipinski definition) is 3. The van der Waals surface area contributed by atoms with Crippen molar-refractivity contribution in [2.45, 2.75) is 36.0 Å². The lowest BCUT2D eigenvalue weighted by Gasteiger charge is -2.17. The van der Waals surface area contributed by atoms with Crippen LogP contribution in [0.4, 0.5) is 13.2 Å². The zero-order valence-corrected chi connectivity index (χ0v) is 16.4. The van der Waals surface area contributed by atoms with Crippen LogP contribution in [-0.2, 0) is 16.0 Å². The van der Waals surface area contributed by atoms with Gasteiger partial charge in [0.25, 0.3) is 0 Å². The summed E-state index contributed by atoms with van der Waals surface area (Å²) < 4.78 is 57.5. The molecular formula is C17H18ClF3O3S2. The van der Waals surface area contributed by atoms with Crippen molar-refractivity contribution in [3.8, 4) is 11.1 Å². The van der Waals surface area contributed by atoms with E-state index in [1.54, 1.807) is 0 Å². The Labute approximate surface area is 161 Å². The highest BCUT2D eigenvalue weighted by Gasteiger charge is 2.44. The molecule has 0 saturated heterocycles. The van der Waals surface area contributed by atoms with Crippen LogP contribution in [0.1, 0.15) is 30.9 Å². The molecule has 0 fully saturated rings. The van der Waals surface area contributed by atoms with E-state index in [0.717, 1.165) is 10.5 Å². The van der Waals surface area contributed by atoms with Crippen molar-refractivity contribution in [1.29, 1.82) is 0 Å². The highest BCUT2D eigenvalue weighted by Crippen LogP contribution is 2.36. The Kier molecular flexibility index (Phi) is 8.01. The molecule has 0 amide bonds. The van der Waals surface area contributed by atoms with Crippen molar-refractivity contribution in [2.75, 3.05) is 0 Å². The maximum absolute atomic E-state index is 10.7. The molecule has 0 unspecified atom stereocenters. The number of rotatable bonds is 3. The van der Waals surface area contributed by atoms with Crippen molar-refractivity contribution < 1.29 is 26.1 Å². The molecule has 0 bridgehead atoms. The van der Waals surface area contributed by atoms with Gasteiger partial charge in [0.15, 0.2) is 0 Å². The van der Waals surface area contributed by atoms with Crippen LogP contribution in [-0.4, -0.2) is 18.5 Å². The molecule has 0 saturated carbocycles. The third-order valence-corrected chi connectivity index (χ3v) is 4.66. The van der Waals surface area contributed by atoms with Gasteiger partial charge in [-0.25, -0.2) is 0 Å². The largest absolute Gasteiger partial charge is 0.522 e. The molecule has 0 aliphatic heterocycles. The summed E-state index contributed by atoms with van der Waals surface area (Å²) in [4.78, 5) is 0.987. The van der Waals surface area contributed by atoms with Gasteiger partial charge in [0, 0.05) is 10.8 Å². The minimum Gasteiger partial charge on any atom is -0.279 e. The van der Waals surface area contributed by atoms with E-state index in [2.05, 4.69) is 56.8 Å². The monoisotopic (exact) mass is 426 g/mol. The summed E-state index contributed by atoms with van der Waals surface area (Å²) in [7, 11) is -5.84. The smallest absolute Gasteiger partial charge is 0.279 e. The predicted octanol–water partition coefficient (Wildman–Crippen LogP) is 5.90. The first-order chi connectivity index (χ1) is 11.9. The lowest BCUT2D eigenvalue weighted by Crippen LogP contribution is -2.21. The fraction of sp³-hybridized carbons (Fsp3) is 0.294. The average Bonchev–Trinajstić information content (AvgIpc) is 2.53. The highest BCUT2D eigenvalue weighted by molar-refractivity contribution is 7.86. The third-order valence-electron chi connectivity index (χ3n) is 3.42. The first-order valence-electron chi connectivity index (χ1n) is 7.40. The summed E-state index contributed by atoms with van der Waals surface area (Å²) >= 11 is 10.6. The molecule has 3 nitrogen and oxygen atoms in total. The first-order valence-corrected chi connectivity index (χ1v) is 9.82. The summed E-state index contributed by atoms with van der Waals surface area (Å²) in [5.74, 6) is 0.994. The molecule has 0 radical (unpaired) electrons. The quantitative estimate of drug-likeness (QED) is 0.278. The van der Waals surface area contributed by atoms with Crippen molar-refractivity contribution in [3.05, 3.63) is 53.6 Å². The van der Waals surface area contributed by atoms with E-state index in [4.69, 9.17) is 24.6 Å². The van der Waals surface area contributed by atoms with Gasteiger partial charge in [-0.1, -0.05) is 50.2 Å². The van der Waals surface area contributed by atoms with Gasteiger partial charge in [-0.15, -0.1) is 24.2 Å². The molecule has 9 heteroatoms. The molecule has 0 aromatic heterocycles. The standard InChI is InChI=1S/C16H17ClS.CHF3O3S/c1-11(2)13-7-3-4-8-14(13)16-12(10-17)6-5-9-15(16)18;2-1(3,4)8(5,6)7/h3-9,11,18H,10H2,1-2H3;(H,5,6,7). The van der Waals surface area contributed by atoms with Crippen molar-refractivity contribution >= 4 is 34.3 Å². The van der Waals surface area contributed by atoms with Gasteiger partial charge in [-0.3, -0.25) is 4.55 Å². The van der Waals surface area contributed by atoms with Gasteiger partial charge in [0.1, 0.15) is 0 Å². The molecule has 0 aliphatic rings. The van der Waals surface area contributed by atoms with E-state index < -0.39 is 15.6 Å². The Bertz CT molecular complexity index is 851. The number of thiol groups is 1. The van der Waals surface area contributed by atoms with Crippen LogP contribution >= 0.6 is 24.2 Å². The predicted molar refractivity (Wildman–Crippen MR) is 100 cm³/mol. The second kappa shape index (κ2) is 9.12. The van der Waals surface area contributed by atoms with E-state index in [1.165, 1.54) is 16.7 Å². The Hall–Kier alpha value is -1.22. The second-order valence-electron chi connectivity index (χ2n) is 5.61. The van der Waals surface area contributed by atoms with Crippen LogP contribution in [0, 0.1) is 0 Å². The molecule has 2 aromatic carbocycles. The van der Waals surface area contributed by atoms with Crippen LogP contribution in [0.25, 0.3) is 11.1 Å². The van der Waals surface area contributed by atoms with Crippen LogP contribution < -0.4 is 0 Å². The highest BCUT2D eigenvalue weighted by atomic mass is 35.5. The Balaban J connectivity index is 0.000000359. The van der Waals surface area contributed by atoms with Gasteiger partial charge in [0.2, 0.25) is 0 Å². The Morgan fingerprint density at radius 2 is 1.65 bits per heavy atom.